The molecule has 0 fully saturated rings. The number of rotatable bonds is 4. The molecule has 0 aromatic heterocycles. The van der Waals surface area contributed by atoms with Crippen molar-refractivity contribution in [3.63, 3.8) is 0 Å². The zero-order valence-corrected chi connectivity index (χ0v) is 13.2. The van der Waals surface area contributed by atoms with Crippen molar-refractivity contribution in [2.45, 2.75) is 6.92 Å². The number of aliphatic imine (C=N–C) groups is 1. The third-order valence-corrected chi connectivity index (χ3v) is 3.30. The van der Waals surface area contributed by atoms with Crippen LogP contribution in [-0.2, 0) is 9.53 Å². The van der Waals surface area contributed by atoms with E-state index in [1.54, 1.807) is 6.92 Å². The van der Waals surface area contributed by atoms with Gasteiger partial charge in [0.1, 0.15) is 0 Å². The van der Waals surface area contributed by atoms with Gasteiger partial charge >= 0.3 is 5.97 Å². The number of esters is 1. The Balaban J connectivity index is 2.41. The number of carbonyl (C=O) groups is 1. The van der Waals surface area contributed by atoms with Crippen LogP contribution in [0.4, 0.5) is 5.69 Å². The molecular weight excluding hydrogens is 365 g/mol. The Morgan fingerprint density at radius 1 is 1.10 bits per heavy atom. The lowest BCUT2D eigenvalue weighted by Gasteiger charge is -2.06. The Hall–Kier alpha value is -1.69. The lowest BCUT2D eigenvalue weighted by atomic mass is 10.1. The average molecular weight is 379 g/mol. The van der Waals surface area contributed by atoms with Crippen molar-refractivity contribution < 1.29 is 9.53 Å². The fourth-order valence-corrected chi connectivity index (χ4v) is 2.03. The fraction of sp³-hybridized carbons (Fsp3) is 0.125. The van der Waals surface area contributed by atoms with E-state index in [2.05, 4.69) is 27.6 Å². The smallest absolute Gasteiger partial charge is 0.357 e. The van der Waals surface area contributed by atoms with Crippen LogP contribution in [0.5, 0.6) is 0 Å². The van der Waals surface area contributed by atoms with E-state index >= 15 is 0 Å². The van der Waals surface area contributed by atoms with Crippen LogP contribution in [0.3, 0.4) is 0 Å². The zero-order valence-electron chi connectivity index (χ0n) is 11.0. The highest BCUT2D eigenvalue weighted by molar-refractivity contribution is 14.1. The second-order valence-electron chi connectivity index (χ2n) is 4.02. The van der Waals surface area contributed by atoms with Gasteiger partial charge in [0.2, 0.25) is 0 Å². The monoisotopic (exact) mass is 379 g/mol. The van der Waals surface area contributed by atoms with Crippen LogP contribution >= 0.6 is 22.6 Å². The molecular formula is C16H14INO2. The molecule has 0 atom stereocenters. The van der Waals surface area contributed by atoms with Gasteiger partial charge in [0.15, 0.2) is 5.71 Å². The molecule has 0 unspecified atom stereocenters. The number of nitrogens with zero attached hydrogens (tertiary/aromatic N) is 1. The van der Waals surface area contributed by atoms with E-state index in [4.69, 9.17) is 4.74 Å². The van der Waals surface area contributed by atoms with Gasteiger partial charge in [-0.05, 0) is 53.8 Å². The number of ether oxygens (including phenoxy) is 1. The number of halogens is 1. The van der Waals surface area contributed by atoms with E-state index in [0.717, 1.165) is 14.8 Å². The molecule has 0 saturated carbocycles. The summed E-state index contributed by atoms with van der Waals surface area (Å²) >= 11 is 2.23. The topological polar surface area (TPSA) is 38.7 Å². The molecule has 2 aromatic carbocycles. The van der Waals surface area contributed by atoms with Crippen LogP contribution in [-0.4, -0.2) is 18.3 Å². The predicted octanol–water partition coefficient (Wildman–Crippen LogP) is 3.98. The van der Waals surface area contributed by atoms with Gasteiger partial charge in [-0.1, -0.05) is 30.3 Å². The molecule has 4 heteroatoms. The summed E-state index contributed by atoms with van der Waals surface area (Å²) in [5.74, 6) is -0.405. The van der Waals surface area contributed by atoms with E-state index in [-0.39, 0.29) is 0 Å². The quantitative estimate of drug-likeness (QED) is 0.458. The standard InChI is InChI=1S/C16H14INO2/c1-2-20-16(19)15(12-6-4-3-5-7-12)18-14-10-8-13(17)9-11-14/h3-11H,2H2,1H3. The van der Waals surface area contributed by atoms with Crippen molar-refractivity contribution in [2.75, 3.05) is 6.61 Å². The fourth-order valence-electron chi connectivity index (χ4n) is 1.67. The van der Waals surface area contributed by atoms with E-state index < -0.39 is 5.97 Å². The summed E-state index contributed by atoms with van der Waals surface area (Å²) < 4.78 is 6.21. The molecule has 0 amide bonds. The number of hydrogen-bond acceptors (Lipinski definition) is 3. The molecule has 0 aliphatic rings. The highest BCUT2D eigenvalue weighted by atomic mass is 127. The minimum atomic E-state index is -0.405. The Morgan fingerprint density at radius 2 is 1.75 bits per heavy atom. The molecule has 3 nitrogen and oxygen atoms in total. The third kappa shape index (κ3) is 3.90. The zero-order chi connectivity index (χ0) is 14.4. The van der Waals surface area contributed by atoms with E-state index in [9.17, 15) is 4.79 Å². The van der Waals surface area contributed by atoms with Crippen molar-refractivity contribution >= 4 is 40.0 Å². The van der Waals surface area contributed by atoms with Crippen molar-refractivity contribution in [2.24, 2.45) is 4.99 Å². The van der Waals surface area contributed by atoms with Crippen molar-refractivity contribution in [1.82, 2.24) is 0 Å². The highest BCUT2D eigenvalue weighted by Crippen LogP contribution is 2.17. The lowest BCUT2D eigenvalue weighted by molar-refractivity contribution is -0.134. The van der Waals surface area contributed by atoms with Gasteiger partial charge in [-0.25, -0.2) is 9.79 Å². The van der Waals surface area contributed by atoms with Gasteiger partial charge in [-0.2, -0.15) is 0 Å². The second kappa shape index (κ2) is 7.19. The van der Waals surface area contributed by atoms with Gasteiger partial charge in [0.25, 0.3) is 0 Å². The molecule has 0 radical (unpaired) electrons. The van der Waals surface area contributed by atoms with Crippen molar-refractivity contribution in [3.05, 3.63) is 63.7 Å². The van der Waals surface area contributed by atoms with Gasteiger partial charge in [0, 0.05) is 9.13 Å². The molecule has 0 saturated heterocycles. The molecule has 102 valence electrons. The molecule has 0 heterocycles. The summed E-state index contributed by atoms with van der Waals surface area (Å²) in [5, 5.41) is 0. The van der Waals surface area contributed by atoms with Crippen LogP contribution in [0.1, 0.15) is 12.5 Å². The molecule has 2 rings (SSSR count). The lowest BCUT2D eigenvalue weighted by Crippen LogP contribution is -2.18. The number of carbonyl (C=O) groups excluding carboxylic acids is 1. The van der Waals surface area contributed by atoms with E-state index in [1.807, 2.05) is 54.6 Å². The Labute approximate surface area is 131 Å². The Kier molecular flexibility index (Phi) is 5.29. The maximum absolute atomic E-state index is 12.1. The summed E-state index contributed by atoms with van der Waals surface area (Å²) in [6.07, 6.45) is 0. The largest absolute Gasteiger partial charge is 0.461 e. The predicted molar refractivity (Wildman–Crippen MR) is 88.4 cm³/mol. The van der Waals surface area contributed by atoms with Crippen LogP contribution in [0, 0.1) is 3.57 Å². The first-order chi connectivity index (χ1) is 9.70. The van der Waals surface area contributed by atoms with Gasteiger partial charge in [-0.15, -0.1) is 0 Å². The highest BCUT2D eigenvalue weighted by Gasteiger charge is 2.15. The number of benzene rings is 2. The minimum absolute atomic E-state index is 0.327. The normalized spacial score (nSPS) is 11.2. The molecule has 0 aliphatic carbocycles. The minimum Gasteiger partial charge on any atom is -0.461 e. The maximum Gasteiger partial charge on any atom is 0.357 e. The Bertz CT molecular complexity index is 606. The molecule has 0 N–H and O–H groups in total. The summed E-state index contributed by atoms with van der Waals surface area (Å²) in [4.78, 5) is 16.5. The summed E-state index contributed by atoms with van der Waals surface area (Å²) in [6.45, 7) is 2.11. The number of hydrogen-bond donors (Lipinski definition) is 0. The van der Waals surface area contributed by atoms with Crippen LogP contribution < -0.4 is 0 Å². The first-order valence-corrected chi connectivity index (χ1v) is 7.35. The SMILES string of the molecule is CCOC(=O)C(=Nc1ccc(I)cc1)c1ccccc1. The summed E-state index contributed by atoms with van der Waals surface area (Å²) in [6, 6.07) is 17.0. The Morgan fingerprint density at radius 3 is 2.35 bits per heavy atom. The third-order valence-electron chi connectivity index (χ3n) is 2.58. The van der Waals surface area contributed by atoms with E-state index in [1.165, 1.54) is 0 Å². The molecule has 0 spiro atoms. The van der Waals surface area contributed by atoms with E-state index in [0.29, 0.717) is 12.3 Å². The van der Waals surface area contributed by atoms with Gasteiger partial charge < -0.3 is 4.74 Å². The van der Waals surface area contributed by atoms with Crippen molar-refractivity contribution in [1.29, 1.82) is 0 Å². The summed E-state index contributed by atoms with van der Waals surface area (Å²) in [7, 11) is 0. The van der Waals surface area contributed by atoms with Crippen molar-refractivity contribution in [3.8, 4) is 0 Å². The molecule has 0 aliphatic heterocycles. The average Bonchev–Trinajstić information content (AvgIpc) is 2.48. The molecule has 2 aromatic rings. The second-order valence-corrected chi connectivity index (χ2v) is 5.27. The first kappa shape index (κ1) is 14.7. The first-order valence-electron chi connectivity index (χ1n) is 6.27. The van der Waals surface area contributed by atoms with Crippen LogP contribution in [0.25, 0.3) is 0 Å². The van der Waals surface area contributed by atoms with Gasteiger partial charge in [-0.3, -0.25) is 0 Å². The molecule has 0 bridgehead atoms. The maximum atomic E-state index is 12.1. The molecule has 20 heavy (non-hydrogen) atoms. The van der Waals surface area contributed by atoms with Crippen LogP contribution in [0.2, 0.25) is 0 Å². The summed E-state index contributed by atoms with van der Waals surface area (Å²) in [5.41, 5.74) is 1.82. The van der Waals surface area contributed by atoms with Gasteiger partial charge in [0.05, 0.1) is 12.3 Å². The van der Waals surface area contributed by atoms with Crippen LogP contribution in [0.15, 0.2) is 59.6 Å².